The van der Waals surface area contributed by atoms with E-state index in [4.69, 9.17) is 0 Å². The molecule has 1 aliphatic rings. The molecule has 1 nitrogen and oxygen atoms in total. The Kier molecular flexibility index (Phi) is 4.47. The number of para-hydroxylation sites is 1. The molecule has 1 heterocycles. The Bertz CT molecular complexity index is 339. The molecule has 1 unspecified atom stereocenters. The van der Waals surface area contributed by atoms with E-state index in [0.717, 1.165) is 0 Å². The summed E-state index contributed by atoms with van der Waals surface area (Å²) >= 11 is 0. The van der Waals surface area contributed by atoms with Gasteiger partial charge in [0.05, 0.1) is 0 Å². The Morgan fingerprint density at radius 3 is 2.53 bits per heavy atom. The third kappa shape index (κ3) is 3.02. The zero-order chi connectivity index (χ0) is 12.1. The maximum atomic E-state index is 2.59. The Morgan fingerprint density at radius 1 is 1.12 bits per heavy atom. The smallest absolute Gasteiger partial charge is 0.0401 e. The normalized spacial score (nSPS) is 18.1. The number of hydrogen-bond acceptors (Lipinski definition) is 1. The lowest BCUT2D eigenvalue weighted by Crippen LogP contribution is -2.30. The molecular formula is C16H25N. The molecule has 0 saturated carbocycles. The van der Waals surface area contributed by atoms with Crippen LogP contribution in [-0.2, 0) is 0 Å². The van der Waals surface area contributed by atoms with Gasteiger partial charge in [-0.3, -0.25) is 0 Å². The number of piperidine rings is 1. The predicted molar refractivity (Wildman–Crippen MR) is 75.8 cm³/mol. The average Bonchev–Trinajstić information content (AvgIpc) is 2.40. The summed E-state index contributed by atoms with van der Waals surface area (Å²) in [5.41, 5.74) is 3.05. The summed E-state index contributed by atoms with van der Waals surface area (Å²) < 4.78 is 0. The lowest BCUT2D eigenvalue weighted by atomic mass is 9.94. The second-order valence-corrected chi connectivity index (χ2v) is 5.30. The van der Waals surface area contributed by atoms with Crippen molar-refractivity contribution in [3.63, 3.8) is 0 Å². The molecule has 0 radical (unpaired) electrons. The van der Waals surface area contributed by atoms with Crippen molar-refractivity contribution in [3.05, 3.63) is 29.8 Å². The van der Waals surface area contributed by atoms with Gasteiger partial charge in [0.15, 0.2) is 0 Å². The molecule has 1 aliphatic heterocycles. The van der Waals surface area contributed by atoms with Gasteiger partial charge < -0.3 is 4.90 Å². The first-order chi connectivity index (χ1) is 8.33. The Hall–Kier alpha value is -0.980. The van der Waals surface area contributed by atoms with Crippen molar-refractivity contribution in [1.82, 2.24) is 0 Å². The number of benzene rings is 1. The molecule has 2 rings (SSSR count). The van der Waals surface area contributed by atoms with Crippen molar-refractivity contribution in [2.75, 3.05) is 18.0 Å². The van der Waals surface area contributed by atoms with Gasteiger partial charge in [-0.25, -0.2) is 0 Å². The fourth-order valence-electron chi connectivity index (χ4n) is 2.92. The highest BCUT2D eigenvalue weighted by Gasteiger charge is 2.16. The van der Waals surface area contributed by atoms with E-state index in [2.05, 4.69) is 43.0 Å². The van der Waals surface area contributed by atoms with Crippen LogP contribution in [0.25, 0.3) is 0 Å². The molecule has 94 valence electrons. The second kappa shape index (κ2) is 6.09. The first kappa shape index (κ1) is 12.5. The van der Waals surface area contributed by atoms with Crippen LogP contribution in [0.3, 0.4) is 0 Å². The number of hydrogen-bond donors (Lipinski definition) is 0. The maximum absolute atomic E-state index is 2.59. The van der Waals surface area contributed by atoms with Gasteiger partial charge >= 0.3 is 0 Å². The van der Waals surface area contributed by atoms with Gasteiger partial charge in [0.2, 0.25) is 0 Å². The van der Waals surface area contributed by atoms with Gasteiger partial charge in [-0.2, -0.15) is 0 Å². The van der Waals surface area contributed by atoms with E-state index in [0.29, 0.717) is 5.92 Å². The summed E-state index contributed by atoms with van der Waals surface area (Å²) in [6.45, 7) is 7.14. The van der Waals surface area contributed by atoms with E-state index >= 15 is 0 Å². The molecule has 0 N–H and O–H groups in total. The number of anilines is 1. The Morgan fingerprint density at radius 2 is 1.82 bits per heavy atom. The largest absolute Gasteiger partial charge is 0.371 e. The summed E-state index contributed by atoms with van der Waals surface area (Å²) in [5.74, 6) is 0.693. The van der Waals surface area contributed by atoms with Gasteiger partial charge in [0.1, 0.15) is 0 Å². The minimum atomic E-state index is 0.693. The fraction of sp³-hybridized carbons (Fsp3) is 0.625. The second-order valence-electron chi connectivity index (χ2n) is 5.30. The first-order valence-corrected chi connectivity index (χ1v) is 7.16. The van der Waals surface area contributed by atoms with Crippen molar-refractivity contribution < 1.29 is 0 Å². The average molecular weight is 231 g/mol. The van der Waals surface area contributed by atoms with Crippen LogP contribution in [0, 0.1) is 0 Å². The van der Waals surface area contributed by atoms with Crippen molar-refractivity contribution >= 4 is 5.69 Å². The standard InChI is InChI=1S/C16H25N/c1-3-9-14(2)15-10-5-6-11-16(15)17-12-7-4-8-13-17/h5-6,10-11,14H,3-4,7-9,12-13H2,1-2H3. The van der Waals surface area contributed by atoms with Gasteiger partial charge in [0, 0.05) is 18.8 Å². The molecular weight excluding hydrogens is 206 g/mol. The SMILES string of the molecule is CCCC(C)c1ccccc1N1CCCCC1. The first-order valence-electron chi connectivity index (χ1n) is 7.16. The van der Waals surface area contributed by atoms with Crippen LogP contribution in [0.4, 0.5) is 5.69 Å². The Balaban J connectivity index is 2.19. The number of nitrogens with zero attached hydrogens (tertiary/aromatic N) is 1. The highest BCUT2D eigenvalue weighted by atomic mass is 15.1. The van der Waals surface area contributed by atoms with E-state index in [-0.39, 0.29) is 0 Å². The molecule has 0 spiro atoms. The zero-order valence-electron chi connectivity index (χ0n) is 11.3. The van der Waals surface area contributed by atoms with E-state index in [1.165, 1.54) is 50.9 Å². The van der Waals surface area contributed by atoms with Crippen LogP contribution in [0.5, 0.6) is 0 Å². The van der Waals surface area contributed by atoms with Crippen LogP contribution in [-0.4, -0.2) is 13.1 Å². The molecule has 0 aromatic heterocycles. The number of rotatable bonds is 4. The molecule has 17 heavy (non-hydrogen) atoms. The van der Waals surface area contributed by atoms with Gasteiger partial charge in [-0.15, -0.1) is 0 Å². The summed E-state index contributed by atoms with van der Waals surface area (Å²) in [7, 11) is 0. The van der Waals surface area contributed by atoms with Crippen LogP contribution in [0.1, 0.15) is 57.4 Å². The molecule has 1 atom stereocenters. The van der Waals surface area contributed by atoms with Gasteiger partial charge in [0.25, 0.3) is 0 Å². The quantitative estimate of drug-likeness (QED) is 0.733. The van der Waals surface area contributed by atoms with Crippen molar-refractivity contribution in [1.29, 1.82) is 0 Å². The van der Waals surface area contributed by atoms with Crippen molar-refractivity contribution in [3.8, 4) is 0 Å². The molecule has 1 saturated heterocycles. The third-order valence-corrected chi connectivity index (χ3v) is 3.89. The van der Waals surface area contributed by atoms with E-state index in [1.54, 1.807) is 5.56 Å². The molecule has 0 amide bonds. The Labute approximate surface area is 106 Å². The maximum Gasteiger partial charge on any atom is 0.0401 e. The summed E-state index contributed by atoms with van der Waals surface area (Å²) in [5, 5.41) is 0. The lowest BCUT2D eigenvalue weighted by Gasteiger charge is -2.32. The van der Waals surface area contributed by atoms with Crippen LogP contribution >= 0.6 is 0 Å². The molecule has 1 fully saturated rings. The summed E-state index contributed by atoms with van der Waals surface area (Å²) in [6.07, 6.45) is 6.69. The molecule has 1 aromatic rings. The topological polar surface area (TPSA) is 3.24 Å². The van der Waals surface area contributed by atoms with E-state index in [9.17, 15) is 0 Å². The van der Waals surface area contributed by atoms with Gasteiger partial charge in [-0.05, 0) is 43.2 Å². The van der Waals surface area contributed by atoms with E-state index in [1.807, 2.05) is 0 Å². The minimum Gasteiger partial charge on any atom is -0.371 e. The van der Waals surface area contributed by atoms with Crippen LogP contribution in [0.15, 0.2) is 24.3 Å². The highest BCUT2D eigenvalue weighted by molar-refractivity contribution is 5.55. The summed E-state index contributed by atoms with van der Waals surface area (Å²) in [4.78, 5) is 2.59. The van der Waals surface area contributed by atoms with Crippen LogP contribution in [0.2, 0.25) is 0 Å². The van der Waals surface area contributed by atoms with Crippen molar-refractivity contribution in [2.45, 2.75) is 51.9 Å². The molecule has 1 heteroatoms. The van der Waals surface area contributed by atoms with E-state index < -0.39 is 0 Å². The summed E-state index contributed by atoms with van der Waals surface area (Å²) in [6, 6.07) is 9.01. The highest BCUT2D eigenvalue weighted by Crippen LogP contribution is 2.31. The zero-order valence-corrected chi connectivity index (χ0v) is 11.3. The fourth-order valence-corrected chi connectivity index (χ4v) is 2.92. The lowest BCUT2D eigenvalue weighted by molar-refractivity contribution is 0.572. The van der Waals surface area contributed by atoms with Crippen LogP contribution < -0.4 is 4.90 Å². The van der Waals surface area contributed by atoms with Crippen molar-refractivity contribution in [2.24, 2.45) is 0 Å². The molecule has 1 aromatic carbocycles. The monoisotopic (exact) mass is 231 g/mol. The molecule has 0 aliphatic carbocycles. The predicted octanol–water partition coefficient (Wildman–Crippen LogP) is 4.58. The third-order valence-electron chi connectivity index (χ3n) is 3.89. The molecule has 0 bridgehead atoms. The van der Waals surface area contributed by atoms with Gasteiger partial charge in [-0.1, -0.05) is 38.5 Å². The minimum absolute atomic E-state index is 0.693.